The molecule has 0 radical (unpaired) electrons. The van der Waals surface area contributed by atoms with Gasteiger partial charge in [-0.1, -0.05) is 36.4 Å². The molecule has 0 saturated heterocycles. The van der Waals surface area contributed by atoms with E-state index >= 15 is 0 Å². The standard InChI is InChI=1S/C14H14N4/c15-12(10-11-6-2-1-3-7-11)14-17-16-13-8-4-5-9-18(13)14/h1-9,12H,10,15H2. The monoisotopic (exact) mass is 238 g/mol. The molecular weight excluding hydrogens is 224 g/mol. The van der Waals surface area contributed by atoms with Gasteiger partial charge in [-0.2, -0.15) is 0 Å². The number of fused-ring (bicyclic) bond motifs is 1. The van der Waals surface area contributed by atoms with E-state index in [1.54, 1.807) is 0 Å². The third-order valence-electron chi connectivity index (χ3n) is 2.97. The Labute approximate surface area is 105 Å². The first-order chi connectivity index (χ1) is 8.84. The van der Waals surface area contributed by atoms with Crippen molar-refractivity contribution in [3.63, 3.8) is 0 Å². The van der Waals surface area contributed by atoms with Crippen molar-refractivity contribution < 1.29 is 0 Å². The summed E-state index contributed by atoms with van der Waals surface area (Å²) in [4.78, 5) is 0. The van der Waals surface area contributed by atoms with Crippen LogP contribution in [-0.2, 0) is 6.42 Å². The number of rotatable bonds is 3. The minimum atomic E-state index is -0.148. The Bertz CT molecular complexity index is 645. The van der Waals surface area contributed by atoms with Gasteiger partial charge in [-0.3, -0.25) is 4.40 Å². The van der Waals surface area contributed by atoms with Crippen LogP contribution in [0.25, 0.3) is 5.65 Å². The van der Waals surface area contributed by atoms with Crippen LogP contribution >= 0.6 is 0 Å². The zero-order valence-corrected chi connectivity index (χ0v) is 9.90. The first-order valence-corrected chi connectivity index (χ1v) is 5.94. The van der Waals surface area contributed by atoms with Gasteiger partial charge in [0.05, 0.1) is 6.04 Å². The molecule has 0 aliphatic heterocycles. The molecule has 3 aromatic rings. The zero-order chi connectivity index (χ0) is 12.4. The molecular formula is C14H14N4. The van der Waals surface area contributed by atoms with Crippen molar-refractivity contribution >= 4 is 5.65 Å². The first kappa shape index (κ1) is 10.9. The number of nitrogens with zero attached hydrogens (tertiary/aromatic N) is 3. The minimum Gasteiger partial charge on any atom is -0.321 e. The molecule has 4 nitrogen and oxygen atoms in total. The molecule has 3 rings (SSSR count). The van der Waals surface area contributed by atoms with Gasteiger partial charge < -0.3 is 5.73 Å². The Morgan fingerprint density at radius 2 is 1.78 bits per heavy atom. The van der Waals surface area contributed by atoms with Crippen LogP contribution in [0.1, 0.15) is 17.4 Å². The summed E-state index contributed by atoms with van der Waals surface area (Å²) in [6.45, 7) is 0. The number of aromatic nitrogens is 3. The van der Waals surface area contributed by atoms with Crippen molar-refractivity contribution in [3.8, 4) is 0 Å². The maximum absolute atomic E-state index is 6.21. The van der Waals surface area contributed by atoms with Crippen molar-refractivity contribution in [2.45, 2.75) is 12.5 Å². The van der Waals surface area contributed by atoms with Crippen molar-refractivity contribution in [2.75, 3.05) is 0 Å². The molecule has 18 heavy (non-hydrogen) atoms. The predicted octanol–water partition coefficient (Wildman–Crippen LogP) is 1.97. The summed E-state index contributed by atoms with van der Waals surface area (Å²) in [6, 6.07) is 15.9. The normalized spacial score (nSPS) is 12.7. The summed E-state index contributed by atoms with van der Waals surface area (Å²) in [7, 11) is 0. The molecule has 4 heteroatoms. The van der Waals surface area contributed by atoms with Gasteiger partial charge in [0.2, 0.25) is 0 Å². The van der Waals surface area contributed by atoms with Crippen molar-refractivity contribution in [3.05, 3.63) is 66.1 Å². The van der Waals surface area contributed by atoms with Gasteiger partial charge in [0.15, 0.2) is 11.5 Å². The highest BCUT2D eigenvalue weighted by atomic mass is 15.3. The van der Waals surface area contributed by atoms with Crippen LogP contribution in [0.4, 0.5) is 0 Å². The van der Waals surface area contributed by atoms with Gasteiger partial charge in [-0.05, 0) is 24.1 Å². The summed E-state index contributed by atoms with van der Waals surface area (Å²) < 4.78 is 1.94. The van der Waals surface area contributed by atoms with E-state index in [9.17, 15) is 0 Å². The summed E-state index contributed by atoms with van der Waals surface area (Å²) >= 11 is 0. The molecule has 90 valence electrons. The van der Waals surface area contributed by atoms with E-state index in [0.717, 1.165) is 17.9 Å². The van der Waals surface area contributed by atoms with Crippen molar-refractivity contribution in [1.29, 1.82) is 0 Å². The molecule has 0 saturated carbocycles. The number of hydrogen-bond acceptors (Lipinski definition) is 3. The van der Waals surface area contributed by atoms with E-state index in [1.165, 1.54) is 5.56 Å². The molecule has 0 fully saturated rings. The minimum absolute atomic E-state index is 0.148. The van der Waals surface area contributed by atoms with E-state index in [-0.39, 0.29) is 6.04 Å². The smallest absolute Gasteiger partial charge is 0.160 e. The van der Waals surface area contributed by atoms with E-state index in [4.69, 9.17) is 5.73 Å². The van der Waals surface area contributed by atoms with E-state index in [1.807, 2.05) is 47.0 Å². The lowest BCUT2D eigenvalue weighted by molar-refractivity contribution is 0.658. The van der Waals surface area contributed by atoms with Crippen LogP contribution in [0.3, 0.4) is 0 Å². The van der Waals surface area contributed by atoms with Crippen molar-refractivity contribution in [1.82, 2.24) is 14.6 Å². The third kappa shape index (κ3) is 1.98. The Kier molecular flexibility index (Phi) is 2.78. The quantitative estimate of drug-likeness (QED) is 0.759. The summed E-state index contributed by atoms with van der Waals surface area (Å²) in [5, 5.41) is 8.29. The molecule has 2 aromatic heterocycles. The molecule has 0 bridgehead atoms. The number of benzene rings is 1. The fraction of sp³-hybridized carbons (Fsp3) is 0.143. The van der Waals surface area contributed by atoms with Crippen LogP contribution in [-0.4, -0.2) is 14.6 Å². The van der Waals surface area contributed by atoms with Crippen LogP contribution in [0, 0.1) is 0 Å². The molecule has 0 spiro atoms. The van der Waals surface area contributed by atoms with Gasteiger partial charge in [0.25, 0.3) is 0 Å². The average molecular weight is 238 g/mol. The van der Waals surface area contributed by atoms with Gasteiger partial charge in [0.1, 0.15) is 0 Å². The maximum atomic E-state index is 6.21. The summed E-state index contributed by atoms with van der Waals surface area (Å²) in [5.74, 6) is 0.800. The summed E-state index contributed by atoms with van der Waals surface area (Å²) in [5.41, 5.74) is 8.25. The molecule has 2 heterocycles. The fourth-order valence-electron chi connectivity index (χ4n) is 2.07. The zero-order valence-electron chi connectivity index (χ0n) is 9.90. The Morgan fingerprint density at radius 1 is 1.00 bits per heavy atom. The van der Waals surface area contributed by atoms with Crippen LogP contribution in [0.2, 0.25) is 0 Å². The molecule has 0 aliphatic rings. The molecule has 2 N–H and O–H groups in total. The molecule has 1 aromatic carbocycles. The summed E-state index contributed by atoms with van der Waals surface area (Å²) in [6.07, 6.45) is 2.70. The molecule has 0 aliphatic carbocycles. The third-order valence-corrected chi connectivity index (χ3v) is 2.97. The van der Waals surface area contributed by atoms with E-state index < -0.39 is 0 Å². The lowest BCUT2D eigenvalue weighted by atomic mass is 10.1. The lowest BCUT2D eigenvalue weighted by Crippen LogP contribution is -2.16. The highest BCUT2D eigenvalue weighted by Crippen LogP contribution is 2.15. The lowest BCUT2D eigenvalue weighted by Gasteiger charge is -2.09. The second-order valence-corrected chi connectivity index (χ2v) is 4.28. The first-order valence-electron chi connectivity index (χ1n) is 5.94. The topological polar surface area (TPSA) is 56.2 Å². The molecule has 1 unspecified atom stereocenters. The van der Waals surface area contributed by atoms with Gasteiger partial charge >= 0.3 is 0 Å². The van der Waals surface area contributed by atoms with E-state index in [0.29, 0.717) is 0 Å². The predicted molar refractivity (Wildman–Crippen MR) is 70.1 cm³/mol. The van der Waals surface area contributed by atoms with Crippen molar-refractivity contribution in [2.24, 2.45) is 5.73 Å². The second kappa shape index (κ2) is 4.58. The SMILES string of the molecule is NC(Cc1ccccc1)c1nnc2ccccn12. The van der Waals surface area contributed by atoms with Gasteiger partial charge in [-0.25, -0.2) is 0 Å². The maximum Gasteiger partial charge on any atom is 0.160 e. The van der Waals surface area contributed by atoms with Crippen LogP contribution < -0.4 is 5.73 Å². The Morgan fingerprint density at radius 3 is 2.61 bits per heavy atom. The second-order valence-electron chi connectivity index (χ2n) is 4.28. The van der Waals surface area contributed by atoms with Crippen LogP contribution in [0.5, 0.6) is 0 Å². The van der Waals surface area contributed by atoms with Gasteiger partial charge in [-0.15, -0.1) is 10.2 Å². The Balaban J connectivity index is 1.90. The average Bonchev–Trinajstić information content (AvgIpc) is 2.84. The van der Waals surface area contributed by atoms with Gasteiger partial charge in [0, 0.05) is 6.20 Å². The fourth-order valence-corrected chi connectivity index (χ4v) is 2.07. The number of nitrogens with two attached hydrogens (primary N) is 1. The molecule has 1 atom stereocenters. The highest BCUT2D eigenvalue weighted by molar-refractivity contribution is 5.37. The molecule has 0 amide bonds. The number of hydrogen-bond donors (Lipinski definition) is 1. The number of pyridine rings is 1. The van der Waals surface area contributed by atoms with E-state index in [2.05, 4.69) is 22.3 Å². The largest absolute Gasteiger partial charge is 0.321 e. The Hall–Kier alpha value is -2.20. The van der Waals surface area contributed by atoms with Crippen LogP contribution in [0.15, 0.2) is 54.7 Å². The highest BCUT2D eigenvalue weighted by Gasteiger charge is 2.13.